The summed E-state index contributed by atoms with van der Waals surface area (Å²) in [4.78, 5) is 0. The van der Waals surface area contributed by atoms with Gasteiger partial charge in [-0.25, -0.2) is 0 Å². The summed E-state index contributed by atoms with van der Waals surface area (Å²) in [5, 5.41) is 0. The number of hydrogen-bond acceptors (Lipinski definition) is 1. The first-order valence-electron chi connectivity index (χ1n) is 5.83. The van der Waals surface area contributed by atoms with Crippen LogP contribution in [-0.2, 0) is 0 Å². The highest BCUT2D eigenvalue weighted by Gasteiger charge is 2.22. The maximum atomic E-state index is 5.65. The van der Waals surface area contributed by atoms with Gasteiger partial charge >= 0.3 is 0 Å². The lowest BCUT2D eigenvalue weighted by atomic mass is 10.1. The zero-order valence-corrected chi connectivity index (χ0v) is 9.37. The Kier molecular flexibility index (Phi) is 3.22. The Hall–Kier alpha value is -1.08. The quantitative estimate of drug-likeness (QED) is 0.794. The van der Waals surface area contributed by atoms with Crippen molar-refractivity contribution in [2.75, 3.05) is 6.54 Å². The molecule has 0 bridgehead atoms. The molecule has 0 heterocycles. The molecule has 0 spiro atoms. The van der Waals surface area contributed by atoms with E-state index >= 15 is 0 Å². The van der Waals surface area contributed by atoms with Crippen LogP contribution in [0, 0.1) is 0 Å². The molecular weight excluding hydrogens is 182 g/mol. The highest BCUT2D eigenvalue weighted by molar-refractivity contribution is 5.53. The van der Waals surface area contributed by atoms with Crippen molar-refractivity contribution in [3.63, 3.8) is 0 Å². The van der Waals surface area contributed by atoms with E-state index in [1.807, 2.05) is 0 Å². The second-order valence-electron chi connectivity index (χ2n) is 4.30. The molecule has 1 aliphatic carbocycles. The van der Waals surface area contributed by atoms with Crippen LogP contribution in [0.1, 0.15) is 43.2 Å². The van der Waals surface area contributed by atoms with E-state index in [1.54, 1.807) is 0 Å². The maximum absolute atomic E-state index is 5.65. The van der Waals surface area contributed by atoms with Crippen molar-refractivity contribution in [1.29, 1.82) is 0 Å². The monoisotopic (exact) mass is 201 g/mol. The minimum atomic E-state index is 0.668. The molecule has 1 heteroatoms. The molecule has 15 heavy (non-hydrogen) atoms. The van der Waals surface area contributed by atoms with Gasteiger partial charge in [0.25, 0.3) is 0 Å². The minimum Gasteiger partial charge on any atom is -0.327 e. The Bertz CT molecular complexity index is 338. The van der Waals surface area contributed by atoms with Crippen molar-refractivity contribution in [3.05, 3.63) is 41.0 Å². The average Bonchev–Trinajstić information content (AvgIpc) is 3.10. The van der Waals surface area contributed by atoms with Gasteiger partial charge in [0, 0.05) is 6.54 Å². The van der Waals surface area contributed by atoms with Crippen molar-refractivity contribution in [2.24, 2.45) is 5.73 Å². The standard InChI is InChI=1S/C14H19N/c1-2-11(10-15)9-12-3-5-13(6-4-12)14-7-8-14/h3-6,9,14H,2,7-8,10,15H2,1H3. The third kappa shape index (κ3) is 2.69. The molecule has 0 saturated heterocycles. The van der Waals surface area contributed by atoms with Crippen LogP contribution in [0.25, 0.3) is 6.08 Å². The van der Waals surface area contributed by atoms with Crippen LogP contribution in [0.2, 0.25) is 0 Å². The van der Waals surface area contributed by atoms with Gasteiger partial charge in [0.2, 0.25) is 0 Å². The SMILES string of the molecule is CCC(=Cc1ccc(C2CC2)cc1)CN. The summed E-state index contributed by atoms with van der Waals surface area (Å²) in [6.45, 7) is 2.82. The van der Waals surface area contributed by atoms with Gasteiger partial charge in [-0.3, -0.25) is 0 Å². The minimum absolute atomic E-state index is 0.668. The van der Waals surface area contributed by atoms with Gasteiger partial charge in [-0.05, 0) is 36.3 Å². The van der Waals surface area contributed by atoms with Crippen molar-refractivity contribution in [1.82, 2.24) is 0 Å². The number of hydrogen-bond donors (Lipinski definition) is 1. The molecule has 1 saturated carbocycles. The fourth-order valence-corrected chi connectivity index (χ4v) is 1.82. The van der Waals surface area contributed by atoms with Gasteiger partial charge in [-0.2, -0.15) is 0 Å². The van der Waals surface area contributed by atoms with Gasteiger partial charge in [0.05, 0.1) is 0 Å². The fourth-order valence-electron chi connectivity index (χ4n) is 1.82. The lowest BCUT2D eigenvalue weighted by Gasteiger charge is -2.02. The molecule has 1 aliphatic rings. The summed E-state index contributed by atoms with van der Waals surface area (Å²) in [5.74, 6) is 0.850. The number of benzene rings is 1. The van der Waals surface area contributed by atoms with E-state index in [9.17, 15) is 0 Å². The summed E-state index contributed by atoms with van der Waals surface area (Å²) < 4.78 is 0. The Balaban J connectivity index is 2.11. The molecule has 0 amide bonds. The maximum Gasteiger partial charge on any atom is 0.0140 e. The number of rotatable bonds is 4. The van der Waals surface area contributed by atoms with Gasteiger partial charge in [0.15, 0.2) is 0 Å². The second kappa shape index (κ2) is 4.63. The molecule has 0 aromatic heterocycles. The first kappa shape index (κ1) is 10.4. The van der Waals surface area contributed by atoms with E-state index in [0.29, 0.717) is 6.54 Å². The highest BCUT2D eigenvalue weighted by atomic mass is 14.5. The Morgan fingerprint density at radius 1 is 1.33 bits per heavy atom. The summed E-state index contributed by atoms with van der Waals surface area (Å²) >= 11 is 0. The normalized spacial score (nSPS) is 16.8. The van der Waals surface area contributed by atoms with Crippen LogP contribution in [0.5, 0.6) is 0 Å². The lowest BCUT2D eigenvalue weighted by molar-refractivity contribution is 1.02. The van der Waals surface area contributed by atoms with Gasteiger partial charge < -0.3 is 5.73 Å². The van der Waals surface area contributed by atoms with Crippen LogP contribution >= 0.6 is 0 Å². The van der Waals surface area contributed by atoms with Crippen molar-refractivity contribution in [2.45, 2.75) is 32.1 Å². The van der Waals surface area contributed by atoms with Crippen molar-refractivity contribution >= 4 is 6.08 Å². The zero-order valence-electron chi connectivity index (χ0n) is 9.37. The second-order valence-corrected chi connectivity index (χ2v) is 4.30. The van der Waals surface area contributed by atoms with Crippen LogP contribution < -0.4 is 5.73 Å². The first-order chi connectivity index (χ1) is 7.33. The van der Waals surface area contributed by atoms with Gasteiger partial charge in [0.1, 0.15) is 0 Å². The smallest absolute Gasteiger partial charge is 0.0140 e. The molecule has 0 aliphatic heterocycles. The molecule has 0 radical (unpaired) electrons. The van der Waals surface area contributed by atoms with E-state index in [1.165, 1.54) is 29.5 Å². The summed E-state index contributed by atoms with van der Waals surface area (Å²) in [5.41, 5.74) is 9.74. The zero-order chi connectivity index (χ0) is 10.7. The Morgan fingerprint density at radius 3 is 2.47 bits per heavy atom. The summed E-state index contributed by atoms with van der Waals surface area (Å²) in [7, 11) is 0. The molecule has 1 aromatic rings. The molecule has 1 fully saturated rings. The largest absolute Gasteiger partial charge is 0.327 e. The van der Waals surface area contributed by atoms with E-state index in [4.69, 9.17) is 5.73 Å². The summed E-state index contributed by atoms with van der Waals surface area (Å²) in [6, 6.07) is 8.93. The predicted octanol–water partition coefficient (Wildman–Crippen LogP) is 3.32. The van der Waals surface area contributed by atoms with Crippen LogP contribution in [0.3, 0.4) is 0 Å². The highest BCUT2D eigenvalue weighted by Crippen LogP contribution is 2.39. The third-order valence-corrected chi connectivity index (χ3v) is 3.07. The fraction of sp³-hybridized carbons (Fsp3) is 0.429. The first-order valence-corrected chi connectivity index (χ1v) is 5.83. The Morgan fingerprint density at radius 2 is 2.00 bits per heavy atom. The molecule has 2 N–H and O–H groups in total. The topological polar surface area (TPSA) is 26.0 Å². The molecule has 2 rings (SSSR count). The lowest BCUT2D eigenvalue weighted by Crippen LogP contribution is -2.01. The predicted molar refractivity (Wildman–Crippen MR) is 65.7 cm³/mol. The molecule has 0 atom stereocenters. The van der Waals surface area contributed by atoms with E-state index in [-0.39, 0.29) is 0 Å². The van der Waals surface area contributed by atoms with E-state index < -0.39 is 0 Å². The van der Waals surface area contributed by atoms with Gasteiger partial charge in [-0.1, -0.05) is 42.8 Å². The molecule has 0 unspecified atom stereocenters. The van der Waals surface area contributed by atoms with Crippen molar-refractivity contribution < 1.29 is 0 Å². The van der Waals surface area contributed by atoms with Gasteiger partial charge in [-0.15, -0.1) is 0 Å². The van der Waals surface area contributed by atoms with Crippen LogP contribution in [0.4, 0.5) is 0 Å². The van der Waals surface area contributed by atoms with Crippen LogP contribution in [0.15, 0.2) is 29.8 Å². The molecular formula is C14H19N. The molecule has 1 nitrogen and oxygen atoms in total. The van der Waals surface area contributed by atoms with E-state index in [0.717, 1.165) is 12.3 Å². The summed E-state index contributed by atoms with van der Waals surface area (Å²) in [6.07, 6.45) is 5.99. The third-order valence-electron chi connectivity index (χ3n) is 3.07. The van der Waals surface area contributed by atoms with Crippen LogP contribution in [-0.4, -0.2) is 6.54 Å². The van der Waals surface area contributed by atoms with Crippen molar-refractivity contribution in [3.8, 4) is 0 Å². The average molecular weight is 201 g/mol. The molecule has 1 aromatic carbocycles. The Labute approximate surface area is 92.0 Å². The molecule has 80 valence electrons. The van der Waals surface area contributed by atoms with E-state index in [2.05, 4.69) is 37.3 Å². The number of nitrogens with two attached hydrogens (primary N) is 1.